The Balaban J connectivity index is 0.000000351. The number of terminal acetylenes is 2. The lowest BCUT2D eigenvalue weighted by molar-refractivity contribution is 0.158. The summed E-state index contributed by atoms with van der Waals surface area (Å²) in [5.74, 6) is 129. The summed E-state index contributed by atoms with van der Waals surface area (Å²) in [5, 5.41) is 1.33. The predicted molar refractivity (Wildman–Crippen MR) is 335 cm³/mol. The number of benzene rings is 3. The molecule has 4 nitrogen and oxygen atoms in total. The number of para-hydroxylation sites is 1. The van der Waals surface area contributed by atoms with Gasteiger partial charge >= 0.3 is 0 Å². The van der Waals surface area contributed by atoms with Crippen LogP contribution in [0, 0.1) is 327 Å². The first-order valence-corrected chi connectivity index (χ1v) is 24.4. The normalized spacial score (nSPS) is 8.95. The number of aromatic amines is 1. The van der Waals surface area contributed by atoms with Gasteiger partial charge in [-0.15, -0.1) is 12.8 Å². The van der Waals surface area contributed by atoms with Gasteiger partial charge in [-0.1, -0.05) is 36.4 Å². The van der Waals surface area contributed by atoms with Crippen LogP contribution in [0.25, 0.3) is 10.9 Å². The number of ether oxygens (including phenoxy) is 2. The highest BCUT2D eigenvalue weighted by atomic mass is 19.1. The molecule has 1 aromatic heterocycles. The van der Waals surface area contributed by atoms with Crippen LogP contribution in [0.4, 0.5) is 4.39 Å². The van der Waals surface area contributed by atoms with E-state index in [1.165, 1.54) is 39.4 Å². The Hall–Kier alpha value is -15.2. The molecular formula is C81H27FN2O2. The van der Waals surface area contributed by atoms with E-state index in [9.17, 15) is 4.39 Å². The third kappa shape index (κ3) is 24.4. The Bertz CT molecular complexity index is 5050. The van der Waals surface area contributed by atoms with Crippen LogP contribution >= 0.6 is 0 Å². The number of halogens is 1. The topological polar surface area (TPSA) is 37.5 Å². The molecule has 4 aromatic rings. The summed E-state index contributed by atoms with van der Waals surface area (Å²) >= 11 is 0. The van der Waals surface area contributed by atoms with E-state index in [0.717, 1.165) is 25.9 Å². The van der Waals surface area contributed by atoms with Crippen LogP contribution in [-0.4, -0.2) is 23.5 Å². The highest BCUT2D eigenvalue weighted by Crippen LogP contribution is 2.44. The Kier molecular flexibility index (Phi) is 28.7. The molecule has 0 spiro atoms. The fraction of sp³-hybridized carbons (Fsp3) is 0.0864. The van der Waals surface area contributed by atoms with Crippen LogP contribution in [0.2, 0.25) is 0 Å². The second-order valence-electron chi connectivity index (χ2n) is 15.2. The van der Waals surface area contributed by atoms with Gasteiger partial charge in [0.15, 0.2) is 11.5 Å². The van der Waals surface area contributed by atoms with Gasteiger partial charge < -0.3 is 14.5 Å². The fourth-order valence-corrected chi connectivity index (χ4v) is 6.83. The summed E-state index contributed by atoms with van der Waals surface area (Å²) in [6.45, 7) is 2.11. The minimum atomic E-state index is -0.253. The molecule has 0 amide bonds. The number of hydrogen-bond acceptors (Lipinski definition) is 3. The first-order chi connectivity index (χ1) is 42.6. The Morgan fingerprint density at radius 2 is 0.802 bits per heavy atom. The molecule has 86 heavy (non-hydrogen) atoms. The standard InChI is InChI=1S/C54H2.C27H25FN2O2/c1-3-5-7-9-11-13-15-17-19-21-23-25-27-29-31-33-35-37-39-41-43-45-47-49-51-53-54-52-50-48-46-44-42-40-38-36-34-32-30-28-26-24-22-20-18-16-14-12-10-8-6-4-2;1-31-26-14-20-17(12-27(26)32-16-18-6-2-4-8-22(18)28)10-11-30-15-24-21(13-25(20)30)19-7-3-5-9-23(19)29-24/h1-2H;2-9,12,14,25,29H,10-11,13,15-16H2,1H3. The van der Waals surface area contributed by atoms with Gasteiger partial charge in [0.2, 0.25) is 0 Å². The van der Waals surface area contributed by atoms with E-state index in [4.69, 9.17) is 22.3 Å². The molecular weight excluding hydrogens is 1050 g/mol. The Labute approximate surface area is 504 Å². The highest BCUT2D eigenvalue weighted by molar-refractivity contribution is 5.85. The fourth-order valence-electron chi connectivity index (χ4n) is 6.83. The third-order valence-corrected chi connectivity index (χ3v) is 10.1. The second kappa shape index (κ2) is 40.1. The van der Waals surface area contributed by atoms with Crippen molar-refractivity contribution in [2.75, 3.05) is 13.7 Å². The number of nitrogens with zero attached hydrogens (tertiary/aromatic N) is 1. The van der Waals surface area contributed by atoms with Crippen LogP contribution < -0.4 is 9.47 Å². The van der Waals surface area contributed by atoms with E-state index in [0.29, 0.717) is 23.1 Å². The van der Waals surface area contributed by atoms with Crippen molar-refractivity contribution in [3.05, 3.63) is 94.4 Å². The molecule has 0 aliphatic carbocycles. The van der Waals surface area contributed by atoms with Gasteiger partial charge in [0.25, 0.3) is 0 Å². The van der Waals surface area contributed by atoms with Crippen LogP contribution in [-0.2, 0) is 26.0 Å². The van der Waals surface area contributed by atoms with Crippen LogP contribution in [0.15, 0.2) is 60.7 Å². The average molecular weight is 1080 g/mol. The smallest absolute Gasteiger partial charge is 0.161 e. The van der Waals surface area contributed by atoms with Crippen molar-refractivity contribution in [2.24, 2.45) is 0 Å². The number of hydrogen-bond donors (Lipinski definition) is 1. The zero-order valence-corrected chi connectivity index (χ0v) is 45.2. The van der Waals surface area contributed by atoms with E-state index in [2.05, 4.69) is 354 Å². The summed E-state index contributed by atoms with van der Waals surface area (Å²) < 4.78 is 25.7. The number of nitrogens with one attached hydrogen (secondary N) is 1. The van der Waals surface area contributed by atoms with Gasteiger partial charge in [-0.2, -0.15) is 0 Å². The molecule has 2 aliphatic heterocycles. The SMILES string of the molecule is C#CC#CC#CC#CC#CC#CC#CC#CC#CC#CC#CC#CC#CC#CC#CC#CC#CC#CC#CC#CC#CC#CC#CC#CC#CC#CC#C.COc1cc2c(cc1OCc1ccccc1F)CCN1Cc3[nH]c4ccccc4c3CC21. The van der Waals surface area contributed by atoms with E-state index < -0.39 is 0 Å². The van der Waals surface area contributed by atoms with Gasteiger partial charge in [-0.05, 0) is 149 Å². The zero-order valence-electron chi connectivity index (χ0n) is 45.2. The summed E-state index contributed by atoms with van der Waals surface area (Å²) in [7, 11) is 1.66. The van der Waals surface area contributed by atoms with Crippen LogP contribution in [0.3, 0.4) is 0 Å². The molecule has 1 unspecified atom stereocenters. The van der Waals surface area contributed by atoms with Crippen LogP contribution in [0.1, 0.15) is 34.0 Å². The molecule has 380 valence electrons. The Morgan fingerprint density at radius 1 is 0.453 bits per heavy atom. The summed E-state index contributed by atoms with van der Waals surface area (Å²) in [6.07, 6.45) is 11.8. The molecule has 5 heteroatoms. The minimum Gasteiger partial charge on any atom is -0.493 e. The molecule has 1 N–H and O–H groups in total. The van der Waals surface area contributed by atoms with Crippen molar-refractivity contribution in [1.82, 2.24) is 9.88 Å². The number of aromatic nitrogens is 1. The number of rotatable bonds is 4. The molecule has 6 rings (SSSR count). The van der Waals surface area contributed by atoms with Crippen molar-refractivity contribution < 1.29 is 13.9 Å². The number of fused-ring (bicyclic) bond motifs is 6. The van der Waals surface area contributed by atoms with Crippen molar-refractivity contribution in [2.45, 2.75) is 32.0 Å². The Morgan fingerprint density at radius 3 is 1.16 bits per heavy atom. The molecule has 0 radical (unpaired) electrons. The zero-order chi connectivity index (χ0) is 60.4. The summed E-state index contributed by atoms with van der Waals surface area (Å²) in [4.78, 5) is 6.18. The molecule has 1 atom stereocenters. The van der Waals surface area contributed by atoms with Crippen LogP contribution in [0.5, 0.6) is 11.5 Å². The maximum absolute atomic E-state index is 14.0. The molecule has 0 bridgehead atoms. The first kappa shape index (κ1) is 61.7. The van der Waals surface area contributed by atoms with Crippen molar-refractivity contribution >= 4 is 10.9 Å². The first-order valence-electron chi connectivity index (χ1n) is 24.4. The molecule has 0 saturated carbocycles. The van der Waals surface area contributed by atoms with Gasteiger partial charge in [0.1, 0.15) is 12.4 Å². The monoisotopic (exact) mass is 1080 g/mol. The lowest BCUT2D eigenvalue weighted by Crippen LogP contribution is -2.39. The van der Waals surface area contributed by atoms with Gasteiger partial charge in [0, 0.05) is 254 Å². The number of H-pyrrole nitrogens is 1. The highest BCUT2D eigenvalue weighted by Gasteiger charge is 2.34. The van der Waals surface area contributed by atoms with Gasteiger partial charge in [-0.3, -0.25) is 4.90 Å². The predicted octanol–water partition coefficient (Wildman–Crippen LogP) is 5.89. The summed E-state index contributed by atoms with van der Waals surface area (Å²) in [6, 6.07) is 19.8. The molecule has 2 aliphatic rings. The molecule has 3 aromatic carbocycles. The van der Waals surface area contributed by atoms with Crippen molar-refractivity contribution in [3.8, 4) is 332 Å². The second-order valence-corrected chi connectivity index (χ2v) is 15.2. The van der Waals surface area contributed by atoms with Gasteiger partial charge in [0.05, 0.1) is 7.11 Å². The lowest BCUT2D eigenvalue weighted by atomic mass is 9.85. The quantitative estimate of drug-likeness (QED) is 0.260. The maximum atomic E-state index is 14.0. The van der Waals surface area contributed by atoms with E-state index in [1.54, 1.807) is 19.2 Å². The van der Waals surface area contributed by atoms with E-state index >= 15 is 0 Å². The molecule has 0 saturated heterocycles. The molecule has 0 fully saturated rings. The van der Waals surface area contributed by atoms with E-state index in [1.807, 2.05) is 6.07 Å². The van der Waals surface area contributed by atoms with E-state index in [-0.39, 0.29) is 12.4 Å². The minimum absolute atomic E-state index is 0.177. The number of methoxy groups -OCH3 is 1. The van der Waals surface area contributed by atoms with Crippen molar-refractivity contribution in [3.63, 3.8) is 0 Å². The summed E-state index contributed by atoms with van der Waals surface area (Å²) in [5.41, 5.74) is 7.11. The third-order valence-electron chi connectivity index (χ3n) is 10.1. The van der Waals surface area contributed by atoms with Gasteiger partial charge in [-0.25, -0.2) is 4.39 Å². The van der Waals surface area contributed by atoms with Crippen molar-refractivity contribution in [1.29, 1.82) is 0 Å². The molecule has 3 heterocycles. The largest absolute Gasteiger partial charge is 0.493 e. The average Bonchev–Trinajstić information content (AvgIpc) is 1.60. The maximum Gasteiger partial charge on any atom is 0.161 e. The lowest BCUT2D eigenvalue weighted by Gasteiger charge is -2.40.